The summed E-state index contributed by atoms with van der Waals surface area (Å²) in [5, 5.41) is 3.02. The Labute approximate surface area is 192 Å². The van der Waals surface area contributed by atoms with Gasteiger partial charge in [0.25, 0.3) is 8.53 Å². The van der Waals surface area contributed by atoms with E-state index < -0.39 is 8.53 Å². The Morgan fingerprint density at radius 1 is 1.03 bits per heavy atom. The van der Waals surface area contributed by atoms with Crippen molar-refractivity contribution < 1.29 is 9.79 Å². The van der Waals surface area contributed by atoms with Gasteiger partial charge >= 0.3 is 0 Å². The SMILES string of the molecule is CC(C)CCC[C@@H](C)[C@H]1CC[C@H]2[C@@H]3CC=C4C[C@@H](NP(O)O)CC[C@]4(C)[C@H]3CC[C@]12C. The number of rotatable bonds is 7. The average Bonchev–Trinajstić information content (AvgIpc) is 3.05. The van der Waals surface area contributed by atoms with Crippen LogP contribution in [-0.4, -0.2) is 15.8 Å². The first-order valence-corrected chi connectivity index (χ1v) is 14.5. The van der Waals surface area contributed by atoms with E-state index in [1.807, 2.05) is 0 Å². The predicted molar refractivity (Wildman–Crippen MR) is 131 cm³/mol. The lowest BCUT2D eigenvalue weighted by Gasteiger charge is -2.58. The van der Waals surface area contributed by atoms with E-state index >= 15 is 0 Å². The van der Waals surface area contributed by atoms with E-state index in [1.165, 1.54) is 57.8 Å². The zero-order chi connectivity index (χ0) is 22.4. The molecule has 4 rings (SSSR count). The molecule has 0 aromatic heterocycles. The Bertz CT molecular complexity index is 664. The molecule has 4 heteroatoms. The highest BCUT2D eigenvalue weighted by molar-refractivity contribution is 7.42. The Balaban J connectivity index is 1.46. The highest BCUT2D eigenvalue weighted by atomic mass is 31.2. The van der Waals surface area contributed by atoms with Crippen molar-refractivity contribution in [3.8, 4) is 0 Å². The molecule has 0 bridgehead atoms. The van der Waals surface area contributed by atoms with Crippen LogP contribution in [0.25, 0.3) is 0 Å². The van der Waals surface area contributed by atoms with E-state index in [0.29, 0.717) is 10.8 Å². The van der Waals surface area contributed by atoms with Gasteiger partial charge < -0.3 is 9.79 Å². The minimum absolute atomic E-state index is 0.244. The minimum Gasteiger partial charge on any atom is -0.338 e. The van der Waals surface area contributed by atoms with Crippen molar-refractivity contribution in [2.24, 2.45) is 46.3 Å². The summed E-state index contributed by atoms with van der Waals surface area (Å²) in [7, 11) is -1.99. The number of nitrogens with one attached hydrogen (secondary N) is 1. The van der Waals surface area contributed by atoms with Gasteiger partial charge in [0.15, 0.2) is 0 Å². The largest absolute Gasteiger partial charge is 0.338 e. The molecule has 0 heterocycles. The molecule has 4 aliphatic rings. The van der Waals surface area contributed by atoms with Crippen LogP contribution in [0.4, 0.5) is 0 Å². The zero-order valence-corrected chi connectivity index (χ0v) is 21.6. The standard InChI is InChI=1S/C27H48NO2P/c1-18(2)7-6-8-19(3)23-11-12-24-22-10-9-20-17-21(28-31(29)30)13-15-26(20,4)25(22)14-16-27(23,24)5/h9,18-19,21-25,28-30H,6-8,10-17H2,1-5H3/t19-,21+,22+,23-,24+,25+,26+,27-/m1/s1. The maximum atomic E-state index is 9.42. The third kappa shape index (κ3) is 4.55. The first kappa shape index (κ1) is 24.2. The van der Waals surface area contributed by atoms with Crippen LogP contribution >= 0.6 is 8.53 Å². The molecule has 3 N–H and O–H groups in total. The molecule has 0 amide bonds. The summed E-state index contributed by atoms with van der Waals surface area (Å²) >= 11 is 0. The smallest absolute Gasteiger partial charge is 0.250 e. The molecule has 0 unspecified atom stereocenters. The second-order valence-electron chi connectivity index (χ2n) is 12.6. The van der Waals surface area contributed by atoms with Gasteiger partial charge in [-0.2, -0.15) is 0 Å². The molecule has 0 saturated heterocycles. The summed E-state index contributed by atoms with van der Waals surface area (Å²) < 4.78 is 0. The third-order valence-electron chi connectivity index (χ3n) is 10.6. The summed E-state index contributed by atoms with van der Waals surface area (Å²) in [6.45, 7) is 12.5. The Morgan fingerprint density at radius 2 is 1.81 bits per heavy atom. The van der Waals surface area contributed by atoms with Gasteiger partial charge in [0.2, 0.25) is 0 Å². The fraction of sp³-hybridized carbons (Fsp3) is 0.926. The minimum atomic E-state index is -1.99. The van der Waals surface area contributed by atoms with Crippen molar-refractivity contribution in [2.45, 2.75) is 111 Å². The maximum absolute atomic E-state index is 9.42. The van der Waals surface area contributed by atoms with Gasteiger partial charge in [0.05, 0.1) is 0 Å². The Kier molecular flexibility index (Phi) is 7.30. The van der Waals surface area contributed by atoms with Crippen molar-refractivity contribution in [1.82, 2.24) is 5.09 Å². The summed E-state index contributed by atoms with van der Waals surface area (Å²) in [6.07, 6.45) is 17.1. The van der Waals surface area contributed by atoms with Crippen LogP contribution in [-0.2, 0) is 0 Å². The number of allylic oxidation sites excluding steroid dienone is 1. The van der Waals surface area contributed by atoms with Crippen molar-refractivity contribution in [3.63, 3.8) is 0 Å². The number of fused-ring (bicyclic) bond motifs is 5. The zero-order valence-electron chi connectivity index (χ0n) is 20.7. The summed E-state index contributed by atoms with van der Waals surface area (Å²) in [4.78, 5) is 18.8. The normalized spacial score (nSPS) is 43.4. The van der Waals surface area contributed by atoms with Gasteiger partial charge in [-0.1, -0.05) is 65.5 Å². The van der Waals surface area contributed by atoms with Crippen LogP contribution in [0.15, 0.2) is 11.6 Å². The summed E-state index contributed by atoms with van der Waals surface area (Å²) in [6, 6.07) is 0.244. The van der Waals surface area contributed by atoms with Crippen LogP contribution < -0.4 is 5.09 Å². The Morgan fingerprint density at radius 3 is 2.52 bits per heavy atom. The van der Waals surface area contributed by atoms with Crippen LogP contribution in [0.5, 0.6) is 0 Å². The molecule has 0 aromatic carbocycles. The molecule has 0 radical (unpaired) electrons. The van der Waals surface area contributed by atoms with E-state index in [-0.39, 0.29) is 6.04 Å². The van der Waals surface area contributed by atoms with Crippen LogP contribution in [0, 0.1) is 46.3 Å². The highest BCUT2D eigenvalue weighted by Gasteiger charge is 2.59. The number of hydrogen-bond acceptors (Lipinski definition) is 3. The molecule has 0 aromatic rings. The van der Waals surface area contributed by atoms with Crippen LogP contribution in [0.3, 0.4) is 0 Å². The average molecular weight is 450 g/mol. The number of hydrogen-bond donors (Lipinski definition) is 3. The molecule has 3 saturated carbocycles. The first-order chi connectivity index (χ1) is 14.6. The second-order valence-corrected chi connectivity index (χ2v) is 13.5. The quantitative estimate of drug-likeness (QED) is 0.285. The molecule has 8 atom stereocenters. The molecular formula is C27H48NO2P. The molecule has 178 valence electrons. The van der Waals surface area contributed by atoms with E-state index in [4.69, 9.17) is 0 Å². The van der Waals surface area contributed by atoms with Crippen LogP contribution in [0.2, 0.25) is 0 Å². The van der Waals surface area contributed by atoms with E-state index in [1.54, 1.807) is 5.57 Å². The highest BCUT2D eigenvalue weighted by Crippen LogP contribution is 2.67. The van der Waals surface area contributed by atoms with Crippen LogP contribution in [0.1, 0.15) is 105 Å². The van der Waals surface area contributed by atoms with Gasteiger partial charge in [0, 0.05) is 6.04 Å². The second kappa shape index (κ2) is 9.36. The fourth-order valence-corrected chi connectivity index (χ4v) is 9.51. The van der Waals surface area contributed by atoms with E-state index in [2.05, 4.69) is 45.8 Å². The monoisotopic (exact) mass is 449 g/mol. The van der Waals surface area contributed by atoms with Crippen molar-refractivity contribution in [1.29, 1.82) is 0 Å². The van der Waals surface area contributed by atoms with Crippen molar-refractivity contribution >= 4 is 8.53 Å². The molecule has 3 nitrogen and oxygen atoms in total. The van der Waals surface area contributed by atoms with Gasteiger partial charge in [-0.3, -0.25) is 0 Å². The molecule has 31 heavy (non-hydrogen) atoms. The van der Waals surface area contributed by atoms with Crippen molar-refractivity contribution in [3.05, 3.63) is 11.6 Å². The molecule has 3 fully saturated rings. The van der Waals surface area contributed by atoms with Crippen molar-refractivity contribution in [2.75, 3.05) is 0 Å². The topological polar surface area (TPSA) is 52.5 Å². The Hall–Kier alpha value is 0.0500. The predicted octanol–water partition coefficient (Wildman–Crippen LogP) is 7.20. The lowest BCUT2D eigenvalue weighted by molar-refractivity contribution is -0.0511. The van der Waals surface area contributed by atoms with Gasteiger partial charge in [0.1, 0.15) is 0 Å². The molecule has 4 aliphatic carbocycles. The maximum Gasteiger partial charge on any atom is 0.250 e. The first-order valence-electron chi connectivity index (χ1n) is 13.3. The lowest BCUT2D eigenvalue weighted by Crippen LogP contribution is -2.51. The summed E-state index contributed by atoms with van der Waals surface area (Å²) in [5.74, 6) is 5.27. The van der Waals surface area contributed by atoms with Gasteiger partial charge in [-0.25, -0.2) is 5.09 Å². The van der Waals surface area contributed by atoms with E-state index in [0.717, 1.165) is 48.3 Å². The molecule has 0 spiro atoms. The summed E-state index contributed by atoms with van der Waals surface area (Å²) in [5.41, 5.74) is 2.52. The van der Waals surface area contributed by atoms with E-state index in [9.17, 15) is 9.79 Å². The van der Waals surface area contributed by atoms with Gasteiger partial charge in [-0.15, -0.1) is 0 Å². The molecular weight excluding hydrogens is 401 g/mol. The lowest BCUT2D eigenvalue weighted by atomic mass is 9.47. The van der Waals surface area contributed by atoms with Gasteiger partial charge in [-0.05, 0) is 97.7 Å². The third-order valence-corrected chi connectivity index (χ3v) is 11.2. The molecule has 0 aliphatic heterocycles. The fourth-order valence-electron chi connectivity index (χ4n) is 8.96.